The van der Waals surface area contributed by atoms with Crippen LogP contribution < -0.4 is 10.6 Å². The van der Waals surface area contributed by atoms with E-state index in [1.807, 2.05) is 0 Å². The van der Waals surface area contributed by atoms with E-state index in [4.69, 9.17) is 11.6 Å². The van der Waals surface area contributed by atoms with E-state index in [1.54, 1.807) is 48.5 Å². The summed E-state index contributed by atoms with van der Waals surface area (Å²) in [5.41, 5.74) is -0.743. The van der Waals surface area contributed by atoms with Crippen LogP contribution in [0.2, 0.25) is 5.02 Å². The molecule has 5 nitrogen and oxygen atoms in total. The minimum Gasteiger partial charge on any atom is -0.321 e. The Kier molecular flexibility index (Phi) is 5.04. The third-order valence-corrected chi connectivity index (χ3v) is 5.78. The molecule has 0 radical (unpaired) electrons. The molecule has 0 unspecified atom stereocenters. The Balaban J connectivity index is 1.70. The van der Waals surface area contributed by atoms with Crippen LogP contribution in [0.4, 0.5) is 0 Å². The van der Waals surface area contributed by atoms with E-state index < -0.39 is 23.1 Å². The summed E-state index contributed by atoms with van der Waals surface area (Å²) in [7, 11) is 0. The number of fused-ring (bicyclic) bond motifs is 1. The van der Waals surface area contributed by atoms with Gasteiger partial charge in [-0.15, -0.1) is 0 Å². The number of Topliss-reactive ketones (excluding diaryl/α,β-unsaturated/α-hetero) is 2. The maximum absolute atomic E-state index is 13.3. The summed E-state index contributed by atoms with van der Waals surface area (Å²) in [6.45, 7) is 0. The monoisotopic (exact) mass is 396 g/mol. The molecule has 0 aliphatic heterocycles. The predicted octanol–water partition coefficient (Wildman–Crippen LogP) is 3.77. The summed E-state index contributed by atoms with van der Waals surface area (Å²) in [4.78, 5) is 39.5. The molecule has 2 aromatic rings. The number of rotatable bonds is 4. The van der Waals surface area contributed by atoms with Crippen LogP contribution in [0.5, 0.6) is 0 Å². The van der Waals surface area contributed by atoms with Crippen molar-refractivity contribution in [2.24, 2.45) is 0 Å². The SMILES string of the molecule is O=C(NC1(NC2CCCCC2)C(=O)c2ccccc2C1=O)c1ccc(Cl)cc1. The van der Waals surface area contributed by atoms with Gasteiger partial charge in [-0.2, -0.15) is 0 Å². The average molecular weight is 397 g/mol. The van der Waals surface area contributed by atoms with Gasteiger partial charge >= 0.3 is 0 Å². The van der Waals surface area contributed by atoms with Crippen LogP contribution in [-0.4, -0.2) is 29.2 Å². The van der Waals surface area contributed by atoms with Gasteiger partial charge in [-0.3, -0.25) is 19.7 Å². The summed E-state index contributed by atoms with van der Waals surface area (Å²) in [6.07, 6.45) is 4.96. The molecule has 1 fully saturated rings. The Morgan fingerprint density at radius 1 is 0.893 bits per heavy atom. The van der Waals surface area contributed by atoms with Crippen LogP contribution in [0.3, 0.4) is 0 Å². The van der Waals surface area contributed by atoms with E-state index in [9.17, 15) is 14.4 Å². The van der Waals surface area contributed by atoms with Crippen molar-refractivity contribution in [1.82, 2.24) is 10.6 Å². The quantitative estimate of drug-likeness (QED) is 0.609. The van der Waals surface area contributed by atoms with Crippen LogP contribution in [0.25, 0.3) is 0 Å². The molecule has 0 spiro atoms. The Bertz CT molecular complexity index is 898. The van der Waals surface area contributed by atoms with Crippen LogP contribution in [-0.2, 0) is 0 Å². The molecule has 0 bridgehead atoms. The van der Waals surface area contributed by atoms with E-state index in [1.165, 1.54) is 0 Å². The molecular weight excluding hydrogens is 376 g/mol. The predicted molar refractivity (Wildman–Crippen MR) is 107 cm³/mol. The molecule has 4 rings (SSSR count). The second kappa shape index (κ2) is 7.49. The molecule has 1 saturated carbocycles. The molecule has 2 aromatic carbocycles. The first-order chi connectivity index (χ1) is 13.5. The van der Waals surface area contributed by atoms with Gasteiger partial charge in [0.25, 0.3) is 5.91 Å². The third-order valence-electron chi connectivity index (χ3n) is 5.53. The van der Waals surface area contributed by atoms with Gasteiger partial charge in [0.05, 0.1) is 0 Å². The zero-order valence-corrected chi connectivity index (χ0v) is 16.1. The number of hydrogen-bond acceptors (Lipinski definition) is 4. The highest BCUT2D eigenvalue weighted by Gasteiger charge is 2.55. The zero-order valence-electron chi connectivity index (χ0n) is 15.3. The van der Waals surface area contributed by atoms with E-state index in [0.717, 1.165) is 32.1 Å². The summed E-state index contributed by atoms with van der Waals surface area (Å²) in [6, 6.07) is 13.1. The molecule has 6 heteroatoms. The number of carbonyl (C=O) groups excluding carboxylic acids is 3. The van der Waals surface area contributed by atoms with Crippen molar-refractivity contribution in [3.05, 3.63) is 70.2 Å². The highest BCUT2D eigenvalue weighted by molar-refractivity contribution is 6.34. The lowest BCUT2D eigenvalue weighted by molar-refractivity contribution is 0.0626. The smallest absolute Gasteiger partial charge is 0.253 e. The number of carbonyl (C=O) groups is 3. The molecule has 2 N–H and O–H groups in total. The lowest BCUT2D eigenvalue weighted by Crippen LogP contribution is -2.68. The first-order valence-electron chi connectivity index (χ1n) is 9.56. The van der Waals surface area contributed by atoms with Crippen molar-refractivity contribution >= 4 is 29.1 Å². The maximum Gasteiger partial charge on any atom is 0.253 e. The third kappa shape index (κ3) is 3.25. The molecule has 2 aliphatic rings. The molecule has 0 aromatic heterocycles. The van der Waals surface area contributed by atoms with E-state index in [0.29, 0.717) is 21.7 Å². The average Bonchev–Trinajstić information content (AvgIpc) is 2.92. The van der Waals surface area contributed by atoms with Crippen LogP contribution in [0.15, 0.2) is 48.5 Å². The number of nitrogens with one attached hydrogen (secondary N) is 2. The van der Waals surface area contributed by atoms with Gasteiger partial charge in [0.2, 0.25) is 17.2 Å². The van der Waals surface area contributed by atoms with E-state index >= 15 is 0 Å². The number of hydrogen-bond donors (Lipinski definition) is 2. The summed E-state index contributed by atoms with van der Waals surface area (Å²) in [5.74, 6) is -1.29. The summed E-state index contributed by atoms with van der Waals surface area (Å²) >= 11 is 5.90. The van der Waals surface area contributed by atoms with Crippen LogP contribution >= 0.6 is 11.6 Å². The van der Waals surface area contributed by atoms with Gasteiger partial charge in [0.1, 0.15) is 0 Å². The molecule has 0 heterocycles. The van der Waals surface area contributed by atoms with Gasteiger partial charge in [-0.25, -0.2) is 0 Å². The first-order valence-corrected chi connectivity index (χ1v) is 9.93. The molecule has 1 amide bonds. The van der Waals surface area contributed by atoms with Crippen molar-refractivity contribution in [3.63, 3.8) is 0 Å². The van der Waals surface area contributed by atoms with Gasteiger partial charge in [-0.1, -0.05) is 55.1 Å². The fraction of sp³-hybridized carbons (Fsp3) is 0.318. The fourth-order valence-corrected chi connectivity index (χ4v) is 4.19. The molecule has 0 atom stereocenters. The van der Waals surface area contributed by atoms with E-state index in [-0.39, 0.29) is 6.04 Å². The first kappa shape index (κ1) is 18.8. The number of ketones is 2. The Labute approximate surface area is 168 Å². The van der Waals surface area contributed by atoms with Crippen LogP contribution in [0.1, 0.15) is 63.2 Å². The minimum atomic E-state index is -1.76. The van der Waals surface area contributed by atoms with Crippen molar-refractivity contribution < 1.29 is 14.4 Å². The molecule has 2 aliphatic carbocycles. The molecule has 144 valence electrons. The number of halogens is 1. The molecule has 28 heavy (non-hydrogen) atoms. The second-order valence-electron chi connectivity index (χ2n) is 7.39. The van der Waals surface area contributed by atoms with Crippen LogP contribution in [0, 0.1) is 0 Å². The Hall–Kier alpha value is -2.50. The maximum atomic E-state index is 13.3. The zero-order chi connectivity index (χ0) is 19.7. The van der Waals surface area contributed by atoms with Crippen molar-refractivity contribution in [2.75, 3.05) is 0 Å². The van der Waals surface area contributed by atoms with Gasteiger partial charge in [-0.05, 0) is 37.1 Å². The topological polar surface area (TPSA) is 75.3 Å². The van der Waals surface area contributed by atoms with Gasteiger partial charge in [0, 0.05) is 27.8 Å². The standard InChI is InChI=1S/C22H21ClN2O3/c23-15-12-10-14(11-13-15)21(28)25-22(24-16-6-2-1-3-7-16)19(26)17-8-4-5-9-18(17)20(22)27/h4-5,8-13,16,24H,1-3,6-7H2,(H,25,28). The van der Waals surface area contributed by atoms with Gasteiger partial charge < -0.3 is 5.32 Å². The highest BCUT2D eigenvalue weighted by Crippen LogP contribution is 2.31. The number of amides is 1. The lowest BCUT2D eigenvalue weighted by atomic mass is 9.92. The fourth-order valence-electron chi connectivity index (χ4n) is 4.06. The number of benzene rings is 2. The second-order valence-corrected chi connectivity index (χ2v) is 7.83. The van der Waals surface area contributed by atoms with Gasteiger partial charge in [0.15, 0.2) is 0 Å². The van der Waals surface area contributed by atoms with Crippen molar-refractivity contribution in [3.8, 4) is 0 Å². The van der Waals surface area contributed by atoms with Crippen molar-refractivity contribution in [2.45, 2.75) is 43.8 Å². The molecule has 0 saturated heterocycles. The Morgan fingerprint density at radius 3 is 2.04 bits per heavy atom. The minimum absolute atomic E-state index is 0.00137. The largest absolute Gasteiger partial charge is 0.321 e. The summed E-state index contributed by atoms with van der Waals surface area (Å²) in [5, 5.41) is 6.47. The lowest BCUT2D eigenvalue weighted by Gasteiger charge is -2.34. The van der Waals surface area contributed by atoms with E-state index in [2.05, 4.69) is 10.6 Å². The molecular formula is C22H21ClN2O3. The summed E-state index contributed by atoms with van der Waals surface area (Å²) < 4.78 is 0. The Morgan fingerprint density at radius 2 is 1.46 bits per heavy atom. The van der Waals surface area contributed by atoms with Crippen molar-refractivity contribution in [1.29, 1.82) is 0 Å². The highest BCUT2D eigenvalue weighted by atomic mass is 35.5. The normalized spacial score (nSPS) is 18.8.